The Bertz CT molecular complexity index is 584. The fourth-order valence-electron chi connectivity index (χ4n) is 3.14. The maximum Gasteiger partial charge on any atom is 0.225 e. The molecule has 0 bridgehead atoms. The molecule has 2 rings (SSSR count). The van der Waals surface area contributed by atoms with Gasteiger partial charge in [0.25, 0.3) is 0 Å². The molecule has 0 aromatic heterocycles. The molecule has 2 unspecified atom stereocenters. The molecule has 0 saturated carbocycles. The van der Waals surface area contributed by atoms with Gasteiger partial charge in [-0.2, -0.15) is 0 Å². The zero-order valence-electron chi connectivity index (χ0n) is 14.9. The van der Waals surface area contributed by atoms with Crippen molar-refractivity contribution in [3.8, 4) is 0 Å². The number of hydrogen-bond donors (Lipinski definition) is 1. The molecule has 1 aliphatic heterocycles. The predicted molar refractivity (Wildman–Crippen MR) is 91.6 cm³/mol. The summed E-state index contributed by atoms with van der Waals surface area (Å²) in [7, 11) is 0. The molecule has 4 nitrogen and oxygen atoms in total. The van der Waals surface area contributed by atoms with Gasteiger partial charge in [0.05, 0.1) is 12.0 Å². The molecule has 0 radical (unpaired) electrons. The van der Waals surface area contributed by atoms with E-state index in [1.807, 2.05) is 13.8 Å². The van der Waals surface area contributed by atoms with Crippen molar-refractivity contribution in [1.82, 2.24) is 10.2 Å². The first-order chi connectivity index (χ1) is 11.3. The lowest BCUT2D eigenvalue weighted by atomic mass is 9.95. The van der Waals surface area contributed by atoms with Crippen molar-refractivity contribution in [2.24, 2.45) is 17.8 Å². The van der Waals surface area contributed by atoms with E-state index in [9.17, 15) is 14.0 Å². The first-order valence-corrected chi connectivity index (χ1v) is 8.61. The largest absolute Gasteiger partial charge is 0.349 e. The van der Waals surface area contributed by atoms with Crippen molar-refractivity contribution in [3.63, 3.8) is 0 Å². The summed E-state index contributed by atoms with van der Waals surface area (Å²) >= 11 is 0. The minimum atomic E-state index is -0.307. The van der Waals surface area contributed by atoms with E-state index < -0.39 is 0 Å². The van der Waals surface area contributed by atoms with E-state index in [1.165, 1.54) is 12.1 Å². The van der Waals surface area contributed by atoms with E-state index in [1.54, 1.807) is 17.0 Å². The number of carbonyl (C=O) groups excluding carboxylic acids is 2. The molecular formula is C19H27FN2O2. The SMILES string of the molecule is CC(C)CN1CC(C(=O)NC(c2ccc(F)cc2)C(C)C)CC1=O. The summed E-state index contributed by atoms with van der Waals surface area (Å²) in [4.78, 5) is 26.4. The lowest BCUT2D eigenvalue weighted by Gasteiger charge is -2.25. The summed E-state index contributed by atoms with van der Waals surface area (Å²) in [5.74, 6) is -0.0951. The van der Waals surface area contributed by atoms with Gasteiger partial charge >= 0.3 is 0 Å². The zero-order valence-corrected chi connectivity index (χ0v) is 14.9. The van der Waals surface area contributed by atoms with Crippen molar-refractivity contribution < 1.29 is 14.0 Å². The number of likely N-dealkylation sites (tertiary alicyclic amines) is 1. The minimum absolute atomic E-state index is 0.0479. The molecule has 1 aromatic rings. The monoisotopic (exact) mass is 334 g/mol. The van der Waals surface area contributed by atoms with Gasteiger partial charge in [-0.15, -0.1) is 0 Å². The Hall–Kier alpha value is -1.91. The molecule has 1 N–H and O–H groups in total. The molecule has 1 aliphatic rings. The van der Waals surface area contributed by atoms with Crippen LogP contribution in [0.1, 0.15) is 45.7 Å². The van der Waals surface area contributed by atoms with E-state index in [0.29, 0.717) is 19.0 Å². The molecule has 132 valence electrons. The maximum absolute atomic E-state index is 13.1. The number of hydrogen-bond acceptors (Lipinski definition) is 2. The van der Waals surface area contributed by atoms with Crippen LogP contribution in [-0.2, 0) is 9.59 Å². The lowest BCUT2D eigenvalue weighted by molar-refractivity contribution is -0.129. The maximum atomic E-state index is 13.1. The van der Waals surface area contributed by atoms with Gasteiger partial charge in [-0.25, -0.2) is 4.39 Å². The number of benzene rings is 1. The van der Waals surface area contributed by atoms with Crippen LogP contribution in [0.25, 0.3) is 0 Å². The first kappa shape index (κ1) is 18.4. The predicted octanol–water partition coefficient (Wildman–Crippen LogP) is 3.14. The van der Waals surface area contributed by atoms with Crippen LogP contribution < -0.4 is 5.32 Å². The van der Waals surface area contributed by atoms with Crippen LogP contribution in [0.4, 0.5) is 4.39 Å². The lowest BCUT2D eigenvalue weighted by Crippen LogP contribution is -2.37. The van der Waals surface area contributed by atoms with Crippen LogP contribution in [0.15, 0.2) is 24.3 Å². The van der Waals surface area contributed by atoms with Gasteiger partial charge in [-0.3, -0.25) is 9.59 Å². The highest BCUT2D eigenvalue weighted by Crippen LogP contribution is 2.25. The number of halogens is 1. The molecule has 5 heteroatoms. The summed E-state index contributed by atoms with van der Waals surface area (Å²) in [6, 6.07) is 6.02. The van der Waals surface area contributed by atoms with Crippen LogP contribution in [0.3, 0.4) is 0 Å². The van der Waals surface area contributed by atoms with E-state index >= 15 is 0 Å². The highest BCUT2D eigenvalue weighted by Gasteiger charge is 2.35. The van der Waals surface area contributed by atoms with Crippen molar-refractivity contribution in [1.29, 1.82) is 0 Å². The molecule has 1 fully saturated rings. The Morgan fingerprint density at radius 1 is 1.25 bits per heavy atom. The Morgan fingerprint density at radius 3 is 2.42 bits per heavy atom. The molecule has 1 heterocycles. The Kier molecular flexibility index (Phi) is 5.97. The van der Waals surface area contributed by atoms with Crippen LogP contribution in [0.2, 0.25) is 0 Å². The van der Waals surface area contributed by atoms with Crippen molar-refractivity contribution >= 4 is 11.8 Å². The first-order valence-electron chi connectivity index (χ1n) is 8.61. The topological polar surface area (TPSA) is 49.4 Å². The van der Waals surface area contributed by atoms with Gasteiger partial charge in [0, 0.05) is 19.5 Å². The summed E-state index contributed by atoms with van der Waals surface area (Å²) < 4.78 is 13.1. The van der Waals surface area contributed by atoms with Crippen LogP contribution in [0.5, 0.6) is 0 Å². The Balaban J connectivity index is 2.03. The fourth-order valence-corrected chi connectivity index (χ4v) is 3.14. The third kappa shape index (κ3) is 4.56. The fraction of sp³-hybridized carbons (Fsp3) is 0.579. The average molecular weight is 334 g/mol. The second-order valence-corrected chi connectivity index (χ2v) is 7.38. The molecular weight excluding hydrogens is 307 g/mol. The smallest absolute Gasteiger partial charge is 0.225 e. The second-order valence-electron chi connectivity index (χ2n) is 7.38. The molecule has 24 heavy (non-hydrogen) atoms. The minimum Gasteiger partial charge on any atom is -0.349 e. The van der Waals surface area contributed by atoms with E-state index in [4.69, 9.17) is 0 Å². The molecule has 1 saturated heterocycles. The van der Waals surface area contributed by atoms with Crippen LogP contribution in [0, 0.1) is 23.6 Å². The highest BCUT2D eigenvalue weighted by molar-refractivity contribution is 5.89. The van der Waals surface area contributed by atoms with E-state index in [0.717, 1.165) is 5.56 Å². The third-order valence-electron chi connectivity index (χ3n) is 4.36. The number of rotatable bonds is 6. The number of carbonyl (C=O) groups is 2. The van der Waals surface area contributed by atoms with Gasteiger partial charge < -0.3 is 10.2 Å². The number of amides is 2. The zero-order chi connectivity index (χ0) is 17.9. The van der Waals surface area contributed by atoms with E-state index in [2.05, 4.69) is 19.2 Å². The average Bonchev–Trinajstić information content (AvgIpc) is 2.86. The number of nitrogens with zero attached hydrogens (tertiary/aromatic N) is 1. The highest BCUT2D eigenvalue weighted by atomic mass is 19.1. The molecule has 0 aliphatic carbocycles. The van der Waals surface area contributed by atoms with E-state index in [-0.39, 0.29) is 41.9 Å². The van der Waals surface area contributed by atoms with Gasteiger partial charge in [0.15, 0.2) is 0 Å². The van der Waals surface area contributed by atoms with Crippen LogP contribution in [-0.4, -0.2) is 29.8 Å². The standard InChI is InChI=1S/C19H27FN2O2/c1-12(2)10-22-11-15(9-17(22)23)19(24)21-18(13(3)4)14-5-7-16(20)8-6-14/h5-8,12-13,15,18H,9-11H2,1-4H3,(H,21,24). The van der Waals surface area contributed by atoms with Crippen molar-refractivity contribution in [3.05, 3.63) is 35.6 Å². The quantitative estimate of drug-likeness (QED) is 0.869. The summed E-state index contributed by atoms with van der Waals surface area (Å²) in [6.45, 7) is 9.32. The third-order valence-corrected chi connectivity index (χ3v) is 4.36. The molecule has 0 spiro atoms. The van der Waals surface area contributed by atoms with Gasteiger partial charge in [0.2, 0.25) is 11.8 Å². The van der Waals surface area contributed by atoms with Gasteiger partial charge in [-0.05, 0) is 29.5 Å². The summed E-state index contributed by atoms with van der Waals surface area (Å²) in [5, 5.41) is 3.05. The Labute approximate surface area is 143 Å². The second kappa shape index (κ2) is 7.77. The molecule has 1 aromatic carbocycles. The van der Waals surface area contributed by atoms with Gasteiger partial charge in [0.1, 0.15) is 5.82 Å². The summed E-state index contributed by atoms with van der Waals surface area (Å²) in [5.41, 5.74) is 0.878. The summed E-state index contributed by atoms with van der Waals surface area (Å²) in [6.07, 6.45) is 0.271. The van der Waals surface area contributed by atoms with Crippen molar-refractivity contribution in [2.75, 3.05) is 13.1 Å². The molecule has 2 amide bonds. The van der Waals surface area contributed by atoms with Gasteiger partial charge in [-0.1, -0.05) is 39.8 Å². The number of nitrogens with one attached hydrogen (secondary N) is 1. The molecule has 2 atom stereocenters. The normalized spacial score (nSPS) is 19.2. The Morgan fingerprint density at radius 2 is 1.88 bits per heavy atom. The van der Waals surface area contributed by atoms with Crippen LogP contribution >= 0.6 is 0 Å². The van der Waals surface area contributed by atoms with Crippen molar-refractivity contribution in [2.45, 2.75) is 40.2 Å².